The predicted molar refractivity (Wildman–Crippen MR) is 127 cm³/mol. The molecule has 1 aromatic rings. The number of rotatable bonds is 7. The Hall–Kier alpha value is -2.90. The first-order valence-corrected chi connectivity index (χ1v) is 11.7. The average Bonchev–Trinajstić information content (AvgIpc) is 3.23. The molecule has 33 heavy (non-hydrogen) atoms. The molecule has 0 radical (unpaired) electrons. The molecule has 1 aliphatic carbocycles. The molecule has 5 amide bonds. The first-order valence-electron chi connectivity index (χ1n) is 11.7. The molecule has 8 nitrogen and oxygen atoms in total. The topological polar surface area (TPSA) is 98.8 Å². The lowest BCUT2D eigenvalue weighted by atomic mass is 9.93. The predicted octanol–water partition coefficient (Wildman–Crippen LogP) is 2.96. The highest BCUT2D eigenvalue weighted by Gasteiger charge is 2.54. The summed E-state index contributed by atoms with van der Waals surface area (Å²) < 4.78 is 0. The number of carbonyl (C=O) groups is 4. The van der Waals surface area contributed by atoms with E-state index in [1.54, 1.807) is 18.0 Å². The number of anilines is 1. The van der Waals surface area contributed by atoms with Crippen molar-refractivity contribution in [2.45, 2.75) is 65.8 Å². The number of likely N-dealkylation sites (N-methyl/N-ethyl adjacent to an activating group) is 1. The fraction of sp³-hybridized carbons (Fsp3) is 0.600. The van der Waals surface area contributed by atoms with Gasteiger partial charge in [-0.15, -0.1) is 0 Å². The summed E-state index contributed by atoms with van der Waals surface area (Å²) in [6.07, 6.45) is 2.75. The van der Waals surface area contributed by atoms with E-state index in [1.807, 2.05) is 32.9 Å². The zero-order valence-corrected chi connectivity index (χ0v) is 20.6. The molecule has 1 spiro atoms. The van der Waals surface area contributed by atoms with Gasteiger partial charge >= 0.3 is 6.03 Å². The van der Waals surface area contributed by atoms with Crippen molar-refractivity contribution in [3.63, 3.8) is 0 Å². The maximum atomic E-state index is 13.0. The van der Waals surface area contributed by atoms with Gasteiger partial charge in [-0.25, -0.2) is 4.79 Å². The summed E-state index contributed by atoms with van der Waals surface area (Å²) in [5.74, 6) is -0.232. The Kier molecular flexibility index (Phi) is 6.86. The second-order valence-corrected chi connectivity index (χ2v) is 10.4. The van der Waals surface area contributed by atoms with E-state index in [4.69, 9.17) is 0 Å². The van der Waals surface area contributed by atoms with Crippen LogP contribution in [0.3, 0.4) is 0 Å². The van der Waals surface area contributed by atoms with Crippen molar-refractivity contribution in [1.82, 2.24) is 15.1 Å². The van der Waals surface area contributed by atoms with Gasteiger partial charge in [-0.1, -0.05) is 53.5 Å². The van der Waals surface area contributed by atoms with E-state index in [0.29, 0.717) is 31.0 Å². The standard InChI is InChI=1S/C25H36N4O4/c1-7-16(8-2)14-29(22(32)24(3,4)5)15-20(30)26-19-10-9-17-12-25(13-18(17)11-19)21(31)27-23(33)28(25)6/h9-11,16H,7-8,12-15H2,1-6H3,(H,26,30)(H,27,31,33). The minimum absolute atomic E-state index is 0.00668. The molecule has 1 aliphatic heterocycles. The van der Waals surface area contributed by atoms with Crippen LogP contribution >= 0.6 is 0 Å². The van der Waals surface area contributed by atoms with Gasteiger partial charge in [0.1, 0.15) is 5.54 Å². The summed E-state index contributed by atoms with van der Waals surface area (Å²) in [4.78, 5) is 53.4. The second kappa shape index (κ2) is 9.15. The molecule has 3 rings (SSSR count). The van der Waals surface area contributed by atoms with E-state index in [2.05, 4.69) is 24.5 Å². The number of benzene rings is 1. The van der Waals surface area contributed by atoms with Crippen LogP contribution in [-0.2, 0) is 27.2 Å². The third-order valence-electron chi connectivity index (χ3n) is 6.94. The van der Waals surface area contributed by atoms with E-state index in [-0.39, 0.29) is 30.3 Å². The Balaban J connectivity index is 1.72. The van der Waals surface area contributed by atoms with Crippen molar-refractivity contribution in [2.24, 2.45) is 11.3 Å². The number of hydrogen-bond donors (Lipinski definition) is 2. The zero-order chi connectivity index (χ0) is 24.6. The number of urea groups is 1. The summed E-state index contributed by atoms with van der Waals surface area (Å²) in [5, 5.41) is 5.31. The van der Waals surface area contributed by atoms with Crippen molar-refractivity contribution in [3.05, 3.63) is 29.3 Å². The highest BCUT2D eigenvalue weighted by atomic mass is 16.2. The molecule has 1 aromatic carbocycles. The molecule has 2 aliphatic rings. The summed E-state index contributed by atoms with van der Waals surface area (Å²) in [5.41, 5.74) is 1.08. The second-order valence-electron chi connectivity index (χ2n) is 10.4. The van der Waals surface area contributed by atoms with Gasteiger partial charge in [-0.2, -0.15) is 0 Å². The molecule has 1 saturated heterocycles. The van der Waals surface area contributed by atoms with Gasteiger partial charge in [-0.3, -0.25) is 19.7 Å². The van der Waals surface area contributed by atoms with Crippen LogP contribution in [0.1, 0.15) is 58.6 Å². The molecule has 0 saturated carbocycles. The summed E-state index contributed by atoms with van der Waals surface area (Å²) in [6.45, 7) is 10.3. The van der Waals surface area contributed by atoms with Gasteiger partial charge in [-0.05, 0) is 29.2 Å². The van der Waals surface area contributed by atoms with Crippen LogP contribution < -0.4 is 10.6 Å². The van der Waals surface area contributed by atoms with Crippen LogP contribution in [0.2, 0.25) is 0 Å². The summed E-state index contributed by atoms with van der Waals surface area (Å²) >= 11 is 0. The SMILES string of the molecule is CCC(CC)CN(CC(=O)Nc1ccc2c(c1)CC1(C2)C(=O)NC(=O)N1C)C(=O)C(C)(C)C. The van der Waals surface area contributed by atoms with Crippen LogP contribution in [0.5, 0.6) is 0 Å². The van der Waals surface area contributed by atoms with Crippen LogP contribution in [0.25, 0.3) is 0 Å². The fourth-order valence-corrected chi connectivity index (χ4v) is 4.70. The van der Waals surface area contributed by atoms with Crippen LogP contribution in [0.15, 0.2) is 18.2 Å². The maximum absolute atomic E-state index is 13.0. The molecule has 180 valence electrons. The van der Waals surface area contributed by atoms with Gasteiger partial charge in [0, 0.05) is 37.5 Å². The normalized spacial score (nSPS) is 19.8. The Morgan fingerprint density at radius 1 is 1.15 bits per heavy atom. The van der Waals surface area contributed by atoms with Crippen molar-refractivity contribution in [3.8, 4) is 0 Å². The molecule has 1 heterocycles. The number of hydrogen-bond acceptors (Lipinski definition) is 4. The molecule has 1 atom stereocenters. The van der Waals surface area contributed by atoms with Crippen molar-refractivity contribution < 1.29 is 19.2 Å². The molecular formula is C25H36N4O4. The zero-order valence-electron chi connectivity index (χ0n) is 20.6. The highest BCUT2D eigenvalue weighted by molar-refractivity contribution is 6.07. The van der Waals surface area contributed by atoms with E-state index < -0.39 is 11.0 Å². The van der Waals surface area contributed by atoms with Gasteiger partial charge in [0.25, 0.3) is 5.91 Å². The molecule has 1 unspecified atom stereocenters. The van der Waals surface area contributed by atoms with Crippen molar-refractivity contribution in [1.29, 1.82) is 0 Å². The van der Waals surface area contributed by atoms with Gasteiger partial charge in [0.05, 0.1) is 6.54 Å². The van der Waals surface area contributed by atoms with Crippen molar-refractivity contribution >= 4 is 29.4 Å². The highest BCUT2D eigenvalue weighted by Crippen LogP contribution is 2.38. The lowest BCUT2D eigenvalue weighted by Gasteiger charge is -2.31. The number of nitrogens with zero attached hydrogens (tertiary/aromatic N) is 2. The fourth-order valence-electron chi connectivity index (χ4n) is 4.70. The van der Waals surface area contributed by atoms with E-state index in [9.17, 15) is 19.2 Å². The van der Waals surface area contributed by atoms with E-state index >= 15 is 0 Å². The molecule has 0 bridgehead atoms. The molecular weight excluding hydrogens is 420 g/mol. The molecule has 8 heteroatoms. The van der Waals surface area contributed by atoms with E-state index in [1.165, 1.54) is 4.90 Å². The minimum atomic E-state index is -0.896. The van der Waals surface area contributed by atoms with Crippen LogP contribution in [-0.4, -0.2) is 59.2 Å². The number of fused-ring (bicyclic) bond motifs is 1. The van der Waals surface area contributed by atoms with Gasteiger partial charge in [0.15, 0.2) is 0 Å². The molecule has 1 fully saturated rings. The third-order valence-corrected chi connectivity index (χ3v) is 6.94. The number of imide groups is 1. The Labute approximate surface area is 196 Å². The monoisotopic (exact) mass is 456 g/mol. The first-order chi connectivity index (χ1) is 15.4. The number of carbonyl (C=O) groups excluding carboxylic acids is 4. The minimum Gasteiger partial charge on any atom is -0.333 e. The molecule has 0 aromatic heterocycles. The third kappa shape index (κ3) is 4.89. The Morgan fingerprint density at radius 2 is 1.79 bits per heavy atom. The summed E-state index contributed by atoms with van der Waals surface area (Å²) in [6, 6.07) is 5.18. The largest absolute Gasteiger partial charge is 0.333 e. The smallest absolute Gasteiger partial charge is 0.324 e. The average molecular weight is 457 g/mol. The van der Waals surface area contributed by atoms with E-state index in [0.717, 1.165) is 24.0 Å². The maximum Gasteiger partial charge on any atom is 0.324 e. The Bertz CT molecular complexity index is 964. The van der Waals surface area contributed by atoms with Crippen LogP contribution in [0, 0.1) is 11.3 Å². The lowest BCUT2D eigenvalue weighted by molar-refractivity contribution is -0.142. The van der Waals surface area contributed by atoms with Gasteiger partial charge < -0.3 is 15.1 Å². The first kappa shape index (κ1) is 24.7. The van der Waals surface area contributed by atoms with Crippen LogP contribution in [0.4, 0.5) is 10.5 Å². The molecule has 2 N–H and O–H groups in total. The quantitative estimate of drug-likeness (QED) is 0.616. The summed E-state index contributed by atoms with van der Waals surface area (Å²) in [7, 11) is 1.63. The number of nitrogens with one attached hydrogen (secondary N) is 2. The Morgan fingerprint density at radius 3 is 2.33 bits per heavy atom. The number of amides is 5. The van der Waals surface area contributed by atoms with Crippen molar-refractivity contribution in [2.75, 3.05) is 25.5 Å². The lowest BCUT2D eigenvalue weighted by Crippen LogP contribution is -2.48. The van der Waals surface area contributed by atoms with Gasteiger partial charge in [0.2, 0.25) is 11.8 Å².